The number of rotatable bonds is 2. The second kappa shape index (κ2) is 9.36. The topological polar surface area (TPSA) is 58.0 Å². The summed E-state index contributed by atoms with van der Waals surface area (Å²) in [6, 6.07) is 50.5. The molecule has 0 radical (unpaired) electrons. The number of fused-ring (bicyclic) bond motifs is 13. The zero-order valence-electron chi connectivity index (χ0n) is 26.5. The summed E-state index contributed by atoms with van der Waals surface area (Å²) in [5.74, 6) is 2.14. The lowest BCUT2D eigenvalue weighted by atomic mass is 10.0. The third-order valence-electron chi connectivity index (χ3n) is 10.3. The van der Waals surface area contributed by atoms with Crippen LogP contribution in [-0.2, 0) is 0 Å². The van der Waals surface area contributed by atoms with Crippen molar-refractivity contribution in [3.8, 4) is 34.4 Å². The van der Waals surface area contributed by atoms with Gasteiger partial charge in [-0.15, -0.1) is 0 Å². The molecule has 0 saturated heterocycles. The van der Waals surface area contributed by atoms with Gasteiger partial charge in [-0.1, -0.05) is 84.9 Å². The van der Waals surface area contributed by atoms with Crippen molar-refractivity contribution in [2.45, 2.75) is 0 Å². The number of nitrogens with zero attached hydrogens (tertiary/aromatic N) is 4. The van der Waals surface area contributed by atoms with Crippen LogP contribution in [0.5, 0.6) is 11.5 Å². The van der Waals surface area contributed by atoms with Crippen LogP contribution in [0.3, 0.4) is 0 Å². The van der Waals surface area contributed by atoms with Crippen LogP contribution in [0.15, 0.2) is 150 Å². The summed E-state index contributed by atoms with van der Waals surface area (Å²) in [6.45, 7) is 0. The van der Waals surface area contributed by atoms with E-state index in [4.69, 9.17) is 19.1 Å². The molecule has 1 aliphatic heterocycles. The van der Waals surface area contributed by atoms with Gasteiger partial charge in [0.25, 0.3) is 0 Å². The Morgan fingerprint density at radius 3 is 2.14 bits per heavy atom. The predicted molar refractivity (Wildman–Crippen MR) is 201 cm³/mol. The summed E-state index contributed by atoms with van der Waals surface area (Å²) >= 11 is 0. The molecule has 7 aromatic carbocycles. The first kappa shape index (κ1) is 26.1. The van der Waals surface area contributed by atoms with E-state index in [0.29, 0.717) is 5.95 Å². The van der Waals surface area contributed by atoms with Crippen LogP contribution in [0.4, 0.5) is 0 Å². The van der Waals surface area contributed by atoms with Crippen molar-refractivity contribution in [1.82, 2.24) is 19.1 Å². The van der Waals surface area contributed by atoms with Gasteiger partial charge < -0.3 is 13.7 Å². The Morgan fingerprint density at radius 2 is 1.20 bits per heavy atom. The molecule has 6 heteroatoms. The van der Waals surface area contributed by atoms with Crippen molar-refractivity contribution >= 4 is 76.5 Å². The molecule has 0 unspecified atom stereocenters. The van der Waals surface area contributed by atoms with Crippen molar-refractivity contribution in [1.29, 1.82) is 0 Å². The second-order valence-corrected chi connectivity index (χ2v) is 12.9. The first-order valence-corrected chi connectivity index (χ1v) is 16.8. The summed E-state index contributed by atoms with van der Waals surface area (Å²) in [6.07, 6.45) is 0. The van der Waals surface area contributed by atoms with Crippen molar-refractivity contribution in [3.05, 3.63) is 146 Å². The average molecular weight is 641 g/mol. The number of aromatic nitrogens is 4. The van der Waals surface area contributed by atoms with Crippen molar-refractivity contribution < 1.29 is 9.15 Å². The molecule has 232 valence electrons. The molecule has 0 atom stereocenters. The maximum atomic E-state index is 6.72. The lowest BCUT2D eigenvalue weighted by molar-refractivity contribution is 0.486. The lowest BCUT2D eigenvalue weighted by Gasteiger charge is -2.21. The molecule has 6 nitrogen and oxygen atoms in total. The van der Waals surface area contributed by atoms with Gasteiger partial charge in [-0.2, -0.15) is 0 Å². The van der Waals surface area contributed by atoms with Crippen molar-refractivity contribution in [3.63, 3.8) is 0 Å². The highest BCUT2D eigenvalue weighted by atomic mass is 16.5. The Bertz CT molecular complexity index is 3240. The maximum Gasteiger partial charge on any atom is 0.235 e. The van der Waals surface area contributed by atoms with Crippen LogP contribution in [0.2, 0.25) is 0 Å². The number of para-hydroxylation sites is 4. The molecule has 50 heavy (non-hydrogen) atoms. The molecule has 11 aromatic rings. The number of hydrogen-bond acceptors (Lipinski definition) is 4. The minimum Gasteiger partial charge on any atom is -0.456 e. The first-order valence-electron chi connectivity index (χ1n) is 16.8. The standard InChI is InChI=1S/C44H24N4O2/c1-2-11-25(12-3-1)47-33-17-7-4-13-26(33)28-21-22-31-38-34(24-23-29-27-14-5-8-18-35(27)50-43(29)38)48(42(31)41(28)47)44-45-32-16-10-20-37-39(32)40(46-44)30-15-6-9-19-36(30)49-37/h1-24H. The minimum absolute atomic E-state index is 0.592. The van der Waals surface area contributed by atoms with E-state index in [1.165, 1.54) is 5.39 Å². The fourth-order valence-corrected chi connectivity index (χ4v) is 8.26. The second-order valence-electron chi connectivity index (χ2n) is 12.9. The van der Waals surface area contributed by atoms with Gasteiger partial charge in [-0.3, -0.25) is 4.57 Å². The third-order valence-corrected chi connectivity index (χ3v) is 10.3. The van der Waals surface area contributed by atoms with Crippen LogP contribution >= 0.6 is 0 Å². The summed E-state index contributed by atoms with van der Waals surface area (Å²) in [5.41, 5.74) is 9.67. The van der Waals surface area contributed by atoms with E-state index < -0.39 is 0 Å². The van der Waals surface area contributed by atoms with Crippen LogP contribution in [0.25, 0.3) is 99.3 Å². The molecule has 0 amide bonds. The molecule has 12 rings (SSSR count). The number of benzene rings is 7. The Balaban J connectivity index is 1.33. The summed E-state index contributed by atoms with van der Waals surface area (Å²) < 4.78 is 17.7. The van der Waals surface area contributed by atoms with Gasteiger partial charge in [0, 0.05) is 38.2 Å². The van der Waals surface area contributed by atoms with E-state index in [9.17, 15) is 0 Å². The molecule has 0 bridgehead atoms. The van der Waals surface area contributed by atoms with Gasteiger partial charge in [-0.05, 0) is 60.7 Å². The Kier molecular flexibility index (Phi) is 4.89. The van der Waals surface area contributed by atoms with E-state index in [1.807, 2.05) is 48.5 Å². The molecule has 0 spiro atoms. The Morgan fingerprint density at radius 1 is 0.460 bits per heavy atom. The predicted octanol–water partition coefficient (Wildman–Crippen LogP) is 11.5. The molecule has 4 aromatic heterocycles. The van der Waals surface area contributed by atoms with Crippen molar-refractivity contribution in [2.75, 3.05) is 0 Å². The smallest absolute Gasteiger partial charge is 0.235 e. The molecule has 5 heterocycles. The van der Waals surface area contributed by atoms with Crippen LogP contribution in [-0.4, -0.2) is 19.1 Å². The van der Waals surface area contributed by atoms with E-state index in [1.54, 1.807) is 0 Å². The van der Waals surface area contributed by atoms with Crippen LogP contribution in [0.1, 0.15) is 0 Å². The molecule has 0 aliphatic carbocycles. The molecular formula is C44H24N4O2. The summed E-state index contributed by atoms with van der Waals surface area (Å²) in [5, 5.41) is 7.55. The minimum atomic E-state index is 0.592. The Hall–Kier alpha value is -6.92. The molecule has 1 aliphatic rings. The zero-order chi connectivity index (χ0) is 32.5. The van der Waals surface area contributed by atoms with Gasteiger partial charge in [-0.25, -0.2) is 9.97 Å². The lowest BCUT2D eigenvalue weighted by Crippen LogP contribution is -2.07. The SMILES string of the molecule is c1ccc(-n2c3ccccc3c3ccc4c5c6oc7ccccc7c6ccc5n(-c5nc6c7c(cccc7n5)Oc5ccccc5-6)c4c32)cc1. The number of ether oxygens (including phenoxy) is 1. The van der Waals surface area contributed by atoms with Gasteiger partial charge in [0.2, 0.25) is 5.95 Å². The highest BCUT2D eigenvalue weighted by Gasteiger charge is 2.28. The molecular weight excluding hydrogens is 617 g/mol. The monoisotopic (exact) mass is 640 g/mol. The summed E-state index contributed by atoms with van der Waals surface area (Å²) in [7, 11) is 0. The maximum absolute atomic E-state index is 6.72. The zero-order valence-corrected chi connectivity index (χ0v) is 26.5. The van der Waals surface area contributed by atoms with Gasteiger partial charge >= 0.3 is 0 Å². The number of hydrogen-bond donors (Lipinski definition) is 0. The quantitative estimate of drug-likeness (QED) is 0.189. The van der Waals surface area contributed by atoms with Crippen molar-refractivity contribution in [2.24, 2.45) is 0 Å². The largest absolute Gasteiger partial charge is 0.456 e. The van der Waals surface area contributed by atoms with E-state index in [2.05, 4.69) is 106 Å². The molecule has 0 N–H and O–H groups in total. The fraction of sp³-hybridized carbons (Fsp3) is 0. The van der Waals surface area contributed by atoms with Crippen LogP contribution in [0, 0.1) is 0 Å². The molecule has 0 fully saturated rings. The highest BCUT2D eigenvalue weighted by molar-refractivity contribution is 6.29. The van der Waals surface area contributed by atoms with Gasteiger partial charge in [0.1, 0.15) is 22.7 Å². The van der Waals surface area contributed by atoms with E-state index in [-0.39, 0.29) is 0 Å². The van der Waals surface area contributed by atoms with E-state index in [0.717, 1.165) is 99.5 Å². The highest BCUT2D eigenvalue weighted by Crippen LogP contribution is 2.48. The van der Waals surface area contributed by atoms with Gasteiger partial charge in [0.05, 0.1) is 44.0 Å². The first-order chi connectivity index (χ1) is 24.8. The Labute approximate surface area is 284 Å². The third kappa shape index (κ3) is 3.27. The average Bonchev–Trinajstić information content (AvgIpc) is 3.83. The normalized spacial score (nSPS) is 12.6. The van der Waals surface area contributed by atoms with Crippen LogP contribution < -0.4 is 4.74 Å². The van der Waals surface area contributed by atoms with E-state index >= 15 is 0 Å². The number of furan rings is 1. The van der Waals surface area contributed by atoms with Gasteiger partial charge in [0.15, 0.2) is 0 Å². The fourth-order valence-electron chi connectivity index (χ4n) is 8.26. The molecule has 0 saturated carbocycles. The summed E-state index contributed by atoms with van der Waals surface area (Å²) in [4.78, 5) is 10.7.